The van der Waals surface area contributed by atoms with Gasteiger partial charge in [0.05, 0.1) is 12.5 Å². The predicted octanol–water partition coefficient (Wildman–Crippen LogP) is 2.40. The molecule has 20 heavy (non-hydrogen) atoms. The van der Waals surface area contributed by atoms with Crippen LogP contribution in [0, 0.1) is 0 Å². The molecule has 0 saturated heterocycles. The summed E-state index contributed by atoms with van der Waals surface area (Å²) in [5, 5.41) is 3.79. The average Bonchev–Trinajstić information content (AvgIpc) is 3.11. The van der Waals surface area contributed by atoms with Crippen molar-refractivity contribution < 1.29 is 9.21 Å². The Morgan fingerprint density at radius 1 is 1.40 bits per heavy atom. The third-order valence-electron chi connectivity index (χ3n) is 3.57. The van der Waals surface area contributed by atoms with Crippen LogP contribution in [0.25, 0.3) is 10.8 Å². The summed E-state index contributed by atoms with van der Waals surface area (Å²) in [6.45, 7) is 0. The van der Waals surface area contributed by atoms with E-state index >= 15 is 0 Å². The molecule has 106 valence electrons. The van der Waals surface area contributed by atoms with Crippen LogP contribution in [-0.2, 0) is 0 Å². The van der Waals surface area contributed by atoms with E-state index in [1.165, 1.54) is 11.3 Å². The van der Waals surface area contributed by atoms with Crippen LogP contribution in [0.15, 0.2) is 29.0 Å². The summed E-state index contributed by atoms with van der Waals surface area (Å²) in [5.41, 5.74) is 5.87. The van der Waals surface area contributed by atoms with Crippen molar-refractivity contribution in [1.29, 1.82) is 0 Å². The summed E-state index contributed by atoms with van der Waals surface area (Å²) in [4.78, 5) is 17.0. The number of hydrogen-bond donors (Lipinski definition) is 2. The lowest BCUT2D eigenvalue weighted by atomic mass is 9.92. The third kappa shape index (κ3) is 2.91. The van der Waals surface area contributed by atoms with Gasteiger partial charge < -0.3 is 15.5 Å². The van der Waals surface area contributed by atoms with Gasteiger partial charge in [0.1, 0.15) is 4.88 Å². The molecule has 3 N–H and O–H groups in total. The molecule has 1 saturated carbocycles. The normalized spacial score (nSPS) is 22.6. The van der Waals surface area contributed by atoms with Gasteiger partial charge >= 0.3 is 0 Å². The number of amides is 1. The lowest BCUT2D eigenvalue weighted by molar-refractivity contribution is 0.0930. The molecule has 0 atom stereocenters. The summed E-state index contributed by atoms with van der Waals surface area (Å²) in [6.07, 6.45) is 7.07. The van der Waals surface area contributed by atoms with Gasteiger partial charge in [-0.1, -0.05) is 0 Å². The average molecular weight is 291 g/mol. The molecule has 5 nitrogen and oxygen atoms in total. The molecule has 2 aromatic heterocycles. The monoisotopic (exact) mass is 291 g/mol. The van der Waals surface area contributed by atoms with Crippen LogP contribution in [0.2, 0.25) is 0 Å². The number of furan rings is 1. The zero-order chi connectivity index (χ0) is 13.9. The Bertz CT molecular complexity index is 571. The summed E-state index contributed by atoms with van der Waals surface area (Å²) in [6, 6.07) is 4.17. The highest BCUT2D eigenvalue weighted by atomic mass is 32.1. The van der Waals surface area contributed by atoms with Gasteiger partial charge in [0.25, 0.3) is 5.91 Å². The van der Waals surface area contributed by atoms with Crippen molar-refractivity contribution in [3.63, 3.8) is 0 Å². The molecule has 1 aliphatic carbocycles. The van der Waals surface area contributed by atoms with Crippen LogP contribution in [0.1, 0.15) is 35.4 Å². The number of rotatable bonds is 3. The van der Waals surface area contributed by atoms with Gasteiger partial charge in [0, 0.05) is 12.1 Å². The van der Waals surface area contributed by atoms with Crippen LogP contribution in [0.5, 0.6) is 0 Å². The first-order chi connectivity index (χ1) is 9.72. The van der Waals surface area contributed by atoms with Gasteiger partial charge in [-0.15, -0.1) is 11.3 Å². The first-order valence-corrected chi connectivity index (χ1v) is 7.60. The predicted molar refractivity (Wildman–Crippen MR) is 77.5 cm³/mol. The van der Waals surface area contributed by atoms with E-state index in [1.807, 2.05) is 12.1 Å². The van der Waals surface area contributed by atoms with E-state index in [0.29, 0.717) is 10.6 Å². The van der Waals surface area contributed by atoms with Gasteiger partial charge in [-0.05, 0) is 37.8 Å². The molecule has 0 radical (unpaired) electrons. The molecule has 1 amide bonds. The van der Waals surface area contributed by atoms with Crippen molar-refractivity contribution in [2.75, 3.05) is 0 Å². The molecule has 1 aliphatic rings. The summed E-state index contributed by atoms with van der Waals surface area (Å²) >= 11 is 1.35. The maximum atomic E-state index is 12.2. The van der Waals surface area contributed by atoms with Crippen molar-refractivity contribution in [2.45, 2.75) is 37.8 Å². The second-order valence-corrected chi connectivity index (χ2v) is 6.12. The highest BCUT2D eigenvalue weighted by Gasteiger charge is 2.21. The number of hydrogen-bond acceptors (Lipinski definition) is 5. The third-order valence-corrected chi connectivity index (χ3v) is 4.58. The Balaban J connectivity index is 1.63. The van der Waals surface area contributed by atoms with Gasteiger partial charge in [0.2, 0.25) is 0 Å². The molecule has 0 aromatic carbocycles. The van der Waals surface area contributed by atoms with Crippen molar-refractivity contribution in [3.8, 4) is 10.8 Å². The van der Waals surface area contributed by atoms with Crippen LogP contribution < -0.4 is 11.1 Å². The minimum Gasteiger partial charge on any atom is -0.462 e. The molecule has 3 rings (SSSR count). The first-order valence-electron chi connectivity index (χ1n) is 6.78. The lowest BCUT2D eigenvalue weighted by Crippen LogP contribution is -2.40. The topological polar surface area (TPSA) is 81.1 Å². The SMILES string of the molecule is NC1CCC(NC(=O)c2cnc(-c3ccco3)s2)CC1. The number of nitrogens with two attached hydrogens (primary N) is 1. The Morgan fingerprint density at radius 2 is 2.20 bits per heavy atom. The highest BCUT2D eigenvalue weighted by Crippen LogP contribution is 2.26. The largest absolute Gasteiger partial charge is 0.462 e. The fraction of sp³-hybridized carbons (Fsp3) is 0.429. The quantitative estimate of drug-likeness (QED) is 0.910. The summed E-state index contributed by atoms with van der Waals surface area (Å²) < 4.78 is 5.28. The molecule has 6 heteroatoms. The fourth-order valence-corrected chi connectivity index (χ4v) is 3.20. The molecule has 0 spiro atoms. The molecule has 0 aliphatic heterocycles. The second-order valence-electron chi connectivity index (χ2n) is 5.09. The van der Waals surface area contributed by atoms with Crippen molar-refractivity contribution >= 4 is 17.2 Å². The van der Waals surface area contributed by atoms with Crippen molar-refractivity contribution in [1.82, 2.24) is 10.3 Å². The molecule has 0 bridgehead atoms. The number of aromatic nitrogens is 1. The number of thiazole rings is 1. The number of nitrogens with one attached hydrogen (secondary N) is 1. The highest BCUT2D eigenvalue weighted by molar-refractivity contribution is 7.16. The van der Waals surface area contributed by atoms with E-state index in [4.69, 9.17) is 10.2 Å². The molecular weight excluding hydrogens is 274 g/mol. The number of carbonyl (C=O) groups is 1. The van der Waals surface area contributed by atoms with E-state index in [9.17, 15) is 4.79 Å². The van der Waals surface area contributed by atoms with Crippen molar-refractivity contribution in [3.05, 3.63) is 29.5 Å². The smallest absolute Gasteiger partial charge is 0.263 e. The van der Waals surface area contributed by atoms with Gasteiger partial charge in [-0.3, -0.25) is 4.79 Å². The van der Waals surface area contributed by atoms with Crippen LogP contribution >= 0.6 is 11.3 Å². The minimum absolute atomic E-state index is 0.0548. The lowest BCUT2D eigenvalue weighted by Gasteiger charge is -2.26. The minimum atomic E-state index is -0.0548. The van der Waals surface area contributed by atoms with E-state index in [0.717, 1.165) is 30.7 Å². The maximum Gasteiger partial charge on any atom is 0.263 e. The van der Waals surface area contributed by atoms with E-state index in [1.54, 1.807) is 12.5 Å². The standard InChI is InChI=1S/C14H17N3O2S/c15-9-3-5-10(6-4-9)17-13(18)12-8-16-14(20-12)11-2-1-7-19-11/h1-2,7-10H,3-6,15H2,(H,17,18). The summed E-state index contributed by atoms with van der Waals surface area (Å²) in [7, 11) is 0. The van der Waals surface area contributed by atoms with Crippen LogP contribution in [0.3, 0.4) is 0 Å². The zero-order valence-corrected chi connectivity index (χ0v) is 11.9. The Kier molecular flexibility index (Phi) is 3.84. The van der Waals surface area contributed by atoms with Gasteiger partial charge in [-0.25, -0.2) is 4.98 Å². The Morgan fingerprint density at radius 3 is 2.90 bits per heavy atom. The fourth-order valence-electron chi connectivity index (χ4n) is 2.41. The van der Waals surface area contributed by atoms with E-state index in [-0.39, 0.29) is 18.0 Å². The molecule has 0 unspecified atom stereocenters. The van der Waals surface area contributed by atoms with Crippen molar-refractivity contribution in [2.24, 2.45) is 5.73 Å². The zero-order valence-electron chi connectivity index (χ0n) is 11.0. The Hall–Kier alpha value is -1.66. The number of nitrogens with zero attached hydrogens (tertiary/aromatic N) is 1. The van der Waals surface area contributed by atoms with Crippen LogP contribution in [-0.4, -0.2) is 23.0 Å². The van der Waals surface area contributed by atoms with Gasteiger partial charge in [0.15, 0.2) is 10.8 Å². The van der Waals surface area contributed by atoms with Crippen LogP contribution in [0.4, 0.5) is 0 Å². The molecule has 2 heterocycles. The Labute approximate surface area is 121 Å². The van der Waals surface area contributed by atoms with E-state index < -0.39 is 0 Å². The maximum absolute atomic E-state index is 12.2. The summed E-state index contributed by atoms with van der Waals surface area (Å²) in [5.74, 6) is 0.637. The van der Waals surface area contributed by atoms with E-state index in [2.05, 4.69) is 10.3 Å². The number of carbonyl (C=O) groups excluding carboxylic acids is 1. The first kappa shape index (κ1) is 13.3. The molecule has 2 aromatic rings. The van der Waals surface area contributed by atoms with Gasteiger partial charge in [-0.2, -0.15) is 0 Å². The second kappa shape index (κ2) is 5.76. The molecular formula is C14H17N3O2S. The molecule has 1 fully saturated rings.